The van der Waals surface area contributed by atoms with Gasteiger partial charge in [-0.05, 0) is 19.4 Å². The molecule has 0 saturated carbocycles. The van der Waals surface area contributed by atoms with Gasteiger partial charge >= 0.3 is 5.97 Å². The molecule has 2 rings (SSSR count). The molecule has 1 unspecified atom stereocenters. The van der Waals surface area contributed by atoms with Gasteiger partial charge in [-0.15, -0.1) is 0 Å². The zero-order chi connectivity index (χ0) is 12.6. The van der Waals surface area contributed by atoms with Crippen molar-refractivity contribution in [3.63, 3.8) is 0 Å². The monoisotopic (exact) mass is 234 g/mol. The summed E-state index contributed by atoms with van der Waals surface area (Å²) >= 11 is 0. The Bertz CT molecular complexity index is 478. The fourth-order valence-corrected chi connectivity index (χ4v) is 1.95. The number of hydrogen-bond acceptors (Lipinski definition) is 4. The summed E-state index contributed by atoms with van der Waals surface area (Å²) in [5, 5.41) is 10.2. The van der Waals surface area contributed by atoms with Crippen molar-refractivity contribution in [2.45, 2.75) is 32.0 Å². The van der Waals surface area contributed by atoms with Crippen LogP contribution in [-0.2, 0) is 16.0 Å². The van der Waals surface area contributed by atoms with E-state index in [0.717, 1.165) is 0 Å². The van der Waals surface area contributed by atoms with Crippen LogP contribution in [0, 0.1) is 0 Å². The van der Waals surface area contributed by atoms with Crippen molar-refractivity contribution in [3.05, 3.63) is 35.4 Å². The number of ether oxygens (including phenoxy) is 1. The Labute approximate surface area is 99.2 Å². The van der Waals surface area contributed by atoms with Crippen molar-refractivity contribution >= 4 is 11.8 Å². The Morgan fingerprint density at radius 3 is 2.65 bits per heavy atom. The van der Waals surface area contributed by atoms with E-state index in [9.17, 15) is 14.7 Å². The topological polar surface area (TPSA) is 63.6 Å². The van der Waals surface area contributed by atoms with Crippen molar-refractivity contribution < 1.29 is 19.4 Å². The Morgan fingerprint density at radius 1 is 1.41 bits per heavy atom. The molecule has 1 aliphatic rings. The molecule has 0 heterocycles. The molecule has 17 heavy (non-hydrogen) atoms. The largest absolute Gasteiger partial charge is 0.460 e. The lowest BCUT2D eigenvalue weighted by atomic mass is 9.99. The molecule has 4 nitrogen and oxygen atoms in total. The van der Waals surface area contributed by atoms with Gasteiger partial charge in [-0.3, -0.25) is 4.79 Å². The number of hydrogen-bond donors (Lipinski definition) is 1. The van der Waals surface area contributed by atoms with E-state index in [0.29, 0.717) is 11.1 Å². The quantitative estimate of drug-likeness (QED) is 0.615. The van der Waals surface area contributed by atoms with Crippen LogP contribution in [0.1, 0.15) is 29.8 Å². The number of carbonyl (C=O) groups excluding carboxylic acids is 2. The number of benzene rings is 1. The van der Waals surface area contributed by atoms with Gasteiger partial charge in [0.2, 0.25) is 11.4 Å². The molecule has 0 amide bonds. The lowest BCUT2D eigenvalue weighted by Crippen LogP contribution is -2.46. The highest BCUT2D eigenvalue weighted by Gasteiger charge is 2.51. The lowest BCUT2D eigenvalue weighted by molar-refractivity contribution is -0.163. The summed E-state index contributed by atoms with van der Waals surface area (Å²) in [6.07, 6.45) is -0.365. The van der Waals surface area contributed by atoms with Gasteiger partial charge in [-0.25, -0.2) is 4.79 Å². The summed E-state index contributed by atoms with van der Waals surface area (Å²) in [6, 6.07) is 6.81. The lowest BCUT2D eigenvalue weighted by Gasteiger charge is -2.20. The second kappa shape index (κ2) is 3.96. The predicted molar refractivity (Wildman–Crippen MR) is 60.7 cm³/mol. The van der Waals surface area contributed by atoms with E-state index in [4.69, 9.17) is 4.74 Å². The highest BCUT2D eigenvalue weighted by molar-refractivity contribution is 6.18. The molecule has 1 aromatic carbocycles. The van der Waals surface area contributed by atoms with Crippen LogP contribution in [0.15, 0.2) is 24.3 Å². The predicted octanol–water partition coefficient (Wildman–Crippen LogP) is 1.11. The smallest absolute Gasteiger partial charge is 0.347 e. The highest BCUT2D eigenvalue weighted by Crippen LogP contribution is 2.31. The summed E-state index contributed by atoms with van der Waals surface area (Å²) in [5.74, 6) is -1.44. The molecule has 0 bridgehead atoms. The molecule has 1 N–H and O–H groups in total. The maximum Gasteiger partial charge on any atom is 0.347 e. The Balaban J connectivity index is 2.32. The van der Waals surface area contributed by atoms with Gasteiger partial charge < -0.3 is 9.84 Å². The first-order chi connectivity index (χ1) is 7.95. The van der Waals surface area contributed by atoms with E-state index >= 15 is 0 Å². The molecular weight excluding hydrogens is 220 g/mol. The first-order valence-electron chi connectivity index (χ1n) is 5.51. The van der Waals surface area contributed by atoms with Crippen LogP contribution in [-0.4, -0.2) is 28.6 Å². The highest BCUT2D eigenvalue weighted by atomic mass is 16.6. The normalized spacial score (nSPS) is 22.7. The van der Waals surface area contributed by atoms with E-state index in [1.807, 2.05) is 0 Å². The third-order valence-corrected chi connectivity index (χ3v) is 2.76. The Morgan fingerprint density at radius 2 is 2.06 bits per heavy atom. The zero-order valence-electron chi connectivity index (χ0n) is 9.77. The van der Waals surface area contributed by atoms with Crippen LogP contribution in [0.4, 0.5) is 0 Å². The SMILES string of the molecule is CC(C)OC(=O)C1(O)Cc2ccccc2C1=O. The number of fused-ring (bicyclic) bond motifs is 1. The molecule has 0 saturated heterocycles. The number of rotatable bonds is 2. The van der Waals surface area contributed by atoms with Crippen LogP contribution >= 0.6 is 0 Å². The van der Waals surface area contributed by atoms with Crippen LogP contribution in [0.3, 0.4) is 0 Å². The van der Waals surface area contributed by atoms with Gasteiger partial charge in [-0.2, -0.15) is 0 Å². The van der Waals surface area contributed by atoms with Crippen molar-refractivity contribution in [1.82, 2.24) is 0 Å². The fraction of sp³-hybridized carbons (Fsp3) is 0.385. The summed E-state index contributed by atoms with van der Waals surface area (Å²) in [4.78, 5) is 23.8. The van der Waals surface area contributed by atoms with Gasteiger partial charge in [0, 0.05) is 12.0 Å². The third kappa shape index (κ3) is 1.85. The second-order valence-corrected chi connectivity index (χ2v) is 4.48. The third-order valence-electron chi connectivity index (χ3n) is 2.76. The van der Waals surface area contributed by atoms with Crippen molar-refractivity contribution in [3.8, 4) is 0 Å². The molecule has 1 aliphatic carbocycles. The molecule has 4 heteroatoms. The first kappa shape index (κ1) is 11.8. The fourth-order valence-electron chi connectivity index (χ4n) is 1.95. The van der Waals surface area contributed by atoms with E-state index in [2.05, 4.69) is 0 Å². The first-order valence-corrected chi connectivity index (χ1v) is 5.51. The minimum Gasteiger partial charge on any atom is -0.460 e. The molecule has 0 spiro atoms. The van der Waals surface area contributed by atoms with Crippen LogP contribution in [0.25, 0.3) is 0 Å². The number of carbonyl (C=O) groups is 2. The molecule has 1 atom stereocenters. The van der Waals surface area contributed by atoms with Gasteiger partial charge in [0.1, 0.15) is 0 Å². The number of ketones is 1. The Hall–Kier alpha value is -1.68. The van der Waals surface area contributed by atoms with E-state index in [-0.39, 0.29) is 12.5 Å². The molecular formula is C13H14O4. The van der Waals surface area contributed by atoms with Crippen molar-refractivity contribution in [1.29, 1.82) is 0 Å². The second-order valence-electron chi connectivity index (χ2n) is 4.48. The van der Waals surface area contributed by atoms with E-state index in [1.165, 1.54) is 0 Å². The number of aliphatic hydroxyl groups is 1. The minimum absolute atomic E-state index is 0.00639. The van der Waals surface area contributed by atoms with Gasteiger partial charge in [0.25, 0.3) is 0 Å². The van der Waals surface area contributed by atoms with Crippen LogP contribution in [0.5, 0.6) is 0 Å². The molecule has 90 valence electrons. The standard InChI is InChI=1S/C13H14O4/c1-8(2)17-12(15)13(16)7-9-5-3-4-6-10(9)11(13)14/h3-6,8,16H,7H2,1-2H3. The molecule has 1 aromatic rings. The summed E-state index contributed by atoms with van der Waals surface area (Å²) in [7, 11) is 0. The summed E-state index contributed by atoms with van der Waals surface area (Å²) in [6.45, 7) is 3.35. The van der Waals surface area contributed by atoms with Gasteiger partial charge in [0.05, 0.1) is 6.10 Å². The molecule has 0 radical (unpaired) electrons. The van der Waals surface area contributed by atoms with Crippen molar-refractivity contribution in [2.75, 3.05) is 0 Å². The zero-order valence-corrected chi connectivity index (χ0v) is 9.77. The average Bonchev–Trinajstić information content (AvgIpc) is 2.52. The van der Waals surface area contributed by atoms with E-state index < -0.39 is 17.4 Å². The summed E-state index contributed by atoms with van der Waals surface area (Å²) < 4.78 is 4.93. The van der Waals surface area contributed by atoms with Gasteiger partial charge in [-0.1, -0.05) is 24.3 Å². The van der Waals surface area contributed by atoms with Crippen LogP contribution in [0.2, 0.25) is 0 Å². The van der Waals surface area contributed by atoms with Crippen LogP contribution < -0.4 is 0 Å². The minimum atomic E-state index is -2.05. The average molecular weight is 234 g/mol. The molecule has 0 fully saturated rings. The molecule has 0 aromatic heterocycles. The maximum absolute atomic E-state index is 12.0. The van der Waals surface area contributed by atoms with Gasteiger partial charge in [0.15, 0.2) is 0 Å². The van der Waals surface area contributed by atoms with E-state index in [1.54, 1.807) is 38.1 Å². The maximum atomic E-state index is 12.0. The number of esters is 1. The number of Topliss-reactive ketones (excluding diaryl/α,β-unsaturated/α-hetero) is 1. The molecule has 0 aliphatic heterocycles. The Kier molecular flexibility index (Phi) is 2.75. The summed E-state index contributed by atoms with van der Waals surface area (Å²) in [5.41, 5.74) is -0.968. The van der Waals surface area contributed by atoms with Crippen molar-refractivity contribution in [2.24, 2.45) is 0 Å².